The maximum atomic E-state index is 12.0. The molecule has 0 saturated heterocycles. The zero-order valence-corrected chi connectivity index (χ0v) is 11.8. The second-order valence-corrected chi connectivity index (χ2v) is 4.59. The first-order chi connectivity index (χ1) is 9.33. The summed E-state index contributed by atoms with van der Waals surface area (Å²) in [5, 5.41) is 0. The minimum Gasteiger partial charge on any atom is -0.345 e. The number of carbonyl (C=O) groups excluding carboxylic acids is 4. The van der Waals surface area contributed by atoms with Gasteiger partial charge in [-0.25, -0.2) is 0 Å². The number of amides is 3. The molecule has 0 aliphatic carbocycles. The topological polar surface area (TPSA) is 74.8 Å². The van der Waals surface area contributed by atoms with Gasteiger partial charge in [-0.15, -0.1) is 0 Å². The molecule has 6 heteroatoms. The fourth-order valence-electron chi connectivity index (χ4n) is 1.72. The molecule has 0 N–H and O–H groups in total. The van der Waals surface area contributed by atoms with Gasteiger partial charge in [-0.3, -0.25) is 24.1 Å². The van der Waals surface area contributed by atoms with Crippen molar-refractivity contribution in [3.05, 3.63) is 34.4 Å². The van der Waals surface area contributed by atoms with Crippen LogP contribution in [0.3, 0.4) is 0 Å². The Bertz CT molecular complexity index is 579. The predicted octanol–water partition coefficient (Wildman–Crippen LogP) is 0.738. The normalized spacial score (nSPS) is 9.80. The van der Waals surface area contributed by atoms with Gasteiger partial charge < -0.3 is 4.90 Å². The highest BCUT2D eigenvalue weighted by atomic mass is 16.2. The number of hydrogen-bond donors (Lipinski definition) is 0. The highest BCUT2D eigenvalue weighted by molar-refractivity contribution is 6.06. The van der Waals surface area contributed by atoms with E-state index in [1.54, 1.807) is 21.0 Å². The summed E-state index contributed by atoms with van der Waals surface area (Å²) in [5.74, 6) is -0.845. The van der Waals surface area contributed by atoms with Crippen LogP contribution in [-0.2, 0) is 4.79 Å². The van der Waals surface area contributed by atoms with Gasteiger partial charge in [0.1, 0.15) is 0 Å². The molecule has 0 spiro atoms. The molecular weight excluding hydrogens is 260 g/mol. The van der Waals surface area contributed by atoms with Crippen molar-refractivity contribution < 1.29 is 19.2 Å². The standard InChI is InChI=1S/C14H16N2O4/c1-9-5-12(13(19)15(2)3)10(7-17)6-11(9)14(20)16(4)8-18/h5-8H,1-4H3. The first kappa shape index (κ1) is 15.6. The third-order valence-electron chi connectivity index (χ3n) is 2.87. The maximum absolute atomic E-state index is 12.0. The summed E-state index contributed by atoms with van der Waals surface area (Å²) in [6.07, 6.45) is 0.912. The molecule has 0 heterocycles. The van der Waals surface area contributed by atoms with Crippen LogP contribution in [0, 0.1) is 6.92 Å². The molecule has 0 radical (unpaired) electrons. The lowest BCUT2D eigenvalue weighted by Crippen LogP contribution is -2.27. The Morgan fingerprint density at radius 3 is 2.05 bits per heavy atom. The summed E-state index contributed by atoms with van der Waals surface area (Å²) < 4.78 is 0. The van der Waals surface area contributed by atoms with E-state index < -0.39 is 5.91 Å². The number of benzene rings is 1. The van der Waals surface area contributed by atoms with E-state index in [-0.39, 0.29) is 22.6 Å². The van der Waals surface area contributed by atoms with Gasteiger partial charge >= 0.3 is 0 Å². The van der Waals surface area contributed by atoms with E-state index in [2.05, 4.69) is 0 Å². The van der Waals surface area contributed by atoms with Crippen LogP contribution in [-0.4, -0.2) is 55.5 Å². The molecule has 1 aromatic carbocycles. The molecule has 0 unspecified atom stereocenters. The third-order valence-corrected chi connectivity index (χ3v) is 2.87. The lowest BCUT2D eigenvalue weighted by Gasteiger charge is -2.16. The Morgan fingerprint density at radius 2 is 1.60 bits per heavy atom. The number of carbonyl (C=O) groups is 4. The Balaban J connectivity index is 3.41. The Labute approximate surface area is 117 Å². The molecule has 0 atom stereocenters. The Morgan fingerprint density at radius 1 is 1.00 bits per heavy atom. The predicted molar refractivity (Wildman–Crippen MR) is 72.7 cm³/mol. The summed E-state index contributed by atoms with van der Waals surface area (Å²) in [4.78, 5) is 47.9. The summed E-state index contributed by atoms with van der Waals surface area (Å²) >= 11 is 0. The van der Waals surface area contributed by atoms with Crippen LogP contribution in [0.1, 0.15) is 36.6 Å². The Hall–Kier alpha value is -2.50. The summed E-state index contributed by atoms with van der Waals surface area (Å²) in [7, 11) is 4.48. The lowest BCUT2D eigenvalue weighted by atomic mass is 9.98. The average Bonchev–Trinajstić information content (AvgIpc) is 2.44. The first-order valence-corrected chi connectivity index (χ1v) is 5.87. The molecule has 1 aromatic rings. The largest absolute Gasteiger partial charge is 0.345 e. The minimum absolute atomic E-state index is 0.122. The monoisotopic (exact) mass is 276 g/mol. The van der Waals surface area contributed by atoms with Gasteiger partial charge in [0.05, 0.1) is 5.56 Å². The van der Waals surface area contributed by atoms with Gasteiger partial charge in [-0.2, -0.15) is 0 Å². The first-order valence-electron chi connectivity index (χ1n) is 5.87. The van der Waals surface area contributed by atoms with Crippen LogP contribution >= 0.6 is 0 Å². The van der Waals surface area contributed by atoms with Crippen LogP contribution in [0.25, 0.3) is 0 Å². The highest BCUT2D eigenvalue weighted by Gasteiger charge is 2.20. The van der Waals surface area contributed by atoms with Crippen molar-refractivity contribution in [1.29, 1.82) is 0 Å². The van der Waals surface area contributed by atoms with E-state index in [0.29, 0.717) is 18.3 Å². The number of nitrogens with zero attached hydrogens (tertiary/aromatic N) is 2. The van der Waals surface area contributed by atoms with E-state index in [4.69, 9.17) is 0 Å². The van der Waals surface area contributed by atoms with Crippen molar-refractivity contribution in [2.75, 3.05) is 21.1 Å². The van der Waals surface area contributed by atoms with Crippen molar-refractivity contribution >= 4 is 24.5 Å². The molecule has 0 aliphatic rings. The fourth-order valence-corrected chi connectivity index (χ4v) is 1.72. The lowest BCUT2D eigenvalue weighted by molar-refractivity contribution is -0.115. The van der Waals surface area contributed by atoms with Crippen molar-refractivity contribution in [2.24, 2.45) is 0 Å². The van der Waals surface area contributed by atoms with Crippen molar-refractivity contribution in [2.45, 2.75) is 6.92 Å². The SMILES string of the molecule is Cc1cc(C(=O)N(C)C)c(C=O)cc1C(=O)N(C)C=O. The second-order valence-electron chi connectivity index (χ2n) is 4.59. The van der Waals surface area contributed by atoms with E-state index in [1.165, 1.54) is 24.1 Å². The van der Waals surface area contributed by atoms with Crippen LogP contribution in [0.2, 0.25) is 0 Å². The van der Waals surface area contributed by atoms with Gasteiger partial charge in [0.2, 0.25) is 6.41 Å². The van der Waals surface area contributed by atoms with Crippen LogP contribution in [0.4, 0.5) is 0 Å². The molecule has 20 heavy (non-hydrogen) atoms. The van der Waals surface area contributed by atoms with Crippen molar-refractivity contribution in [3.8, 4) is 0 Å². The smallest absolute Gasteiger partial charge is 0.260 e. The quantitative estimate of drug-likeness (QED) is 0.760. The molecule has 0 fully saturated rings. The van der Waals surface area contributed by atoms with Gasteiger partial charge in [0.15, 0.2) is 6.29 Å². The molecule has 106 valence electrons. The number of hydrogen-bond acceptors (Lipinski definition) is 4. The van der Waals surface area contributed by atoms with Crippen LogP contribution in [0.5, 0.6) is 0 Å². The summed E-state index contributed by atoms with van der Waals surface area (Å²) in [6.45, 7) is 1.65. The third kappa shape index (κ3) is 2.90. The highest BCUT2D eigenvalue weighted by Crippen LogP contribution is 2.18. The number of aryl methyl sites for hydroxylation is 1. The molecular formula is C14H16N2O4. The summed E-state index contributed by atoms with van der Waals surface area (Å²) in [5.41, 5.74) is 1.10. The molecule has 0 aliphatic heterocycles. The van der Waals surface area contributed by atoms with E-state index in [0.717, 1.165) is 4.90 Å². The van der Waals surface area contributed by atoms with Gasteiger partial charge in [-0.05, 0) is 24.6 Å². The molecule has 0 saturated carbocycles. The maximum Gasteiger partial charge on any atom is 0.260 e. The van der Waals surface area contributed by atoms with E-state index in [9.17, 15) is 19.2 Å². The summed E-state index contributed by atoms with van der Waals surface area (Å²) in [6, 6.07) is 2.82. The number of aldehydes is 1. The molecule has 6 nitrogen and oxygen atoms in total. The second kappa shape index (κ2) is 6.10. The van der Waals surface area contributed by atoms with E-state index >= 15 is 0 Å². The number of rotatable bonds is 4. The van der Waals surface area contributed by atoms with Crippen LogP contribution in [0.15, 0.2) is 12.1 Å². The molecule has 0 bridgehead atoms. The Kier molecular flexibility index (Phi) is 4.74. The molecule has 3 amide bonds. The van der Waals surface area contributed by atoms with Gasteiger partial charge in [-0.1, -0.05) is 0 Å². The van der Waals surface area contributed by atoms with Crippen molar-refractivity contribution in [3.63, 3.8) is 0 Å². The van der Waals surface area contributed by atoms with Gasteiger partial charge in [0.25, 0.3) is 11.8 Å². The van der Waals surface area contributed by atoms with Crippen molar-refractivity contribution in [1.82, 2.24) is 9.80 Å². The minimum atomic E-state index is -0.524. The van der Waals surface area contributed by atoms with Crippen LogP contribution < -0.4 is 0 Å². The fraction of sp³-hybridized carbons (Fsp3) is 0.286. The molecule has 1 rings (SSSR count). The molecule has 0 aromatic heterocycles. The van der Waals surface area contributed by atoms with Gasteiger partial charge in [0, 0.05) is 32.3 Å². The average molecular weight is 276 g/mol. The van der Waals surface area contributed by atoms with E-state index in [1.807, 2.05) is 0 Å². The number of imide groups is 1. The zero-order chi connectivity index (χ0) is 15.4. The zero-order valence-electron chi connectivity index (χ0n) is 11.8.